The number of aromatic nitrogens is 5. The van der Waals surface area contributed by atoms with Crippen molar-refractivity contribution < 1.29 is 8.78 Å². The number of halogens is 2. The Kier molecular flexibility index (Phi) is 3.00. The molecule has 8 heteroatoms. The van der Waals surface area contributed by atoms with E-state index in [1.54, 1.807) is 12.4 Å². The van der Waals surface area contributed by atoms with Gasteiger partial charge in [-0.2, -0.15) is 5.10 Å². The number of aromatic amines is 1. The second-order valence-corrected chi connectivity index (χ2v) is 6.24. The Morgan fingerprint density at radius 1 is 1.23 bits per heavy atom. The van der Waals surface area contributed by atoms with Gasteiger partial charge < -0.3 is 10.3 Å². The first kappa shape index (κ1) is 14.8. The Bertz CT molecular complexity index is 1240. The molecule has 3 N–H and O–H groups in total. The van der Waals surface area contributed by atoms with Crippen molar-refractivity contribution in [3.63, 3.8) is 0 Å². The number of nitrogen functional groups attached to an aromatic ring is 1. The Morgan fingerprint density at radius 3 is 2.88 bits per heavy atom. The zero-order valence-electron chi connectivity index (χ0n) is 13.4. The summed E-state index contributed by atoms with van der Waals surface area (Å²) in [6, 6.07) is 3.24. The first-order valence-corrected chi connectivity index (χ1v) is 8.08. The van der Waals surface area contributed by atoms with Gasteiger partial charge in [-0.15, -0.1) is 0 Å². The lowest BCUT2D eigenvalue weighted by Gasteiger charge is -2.03. The maximum absolute atomic E-state index is 14.8. The third kappa shape index (κ3) is 2.14. The highest BCUT2D eigenvalue weighted by atomic mass is 19.1. The molecular formula is C18H12F2N6. The van der Waals surface area contributed by atoms with E-state index in [1.807, 2.05) is 4.57 Å². The minimum atomic E-state index is -0.762. The molecule has 0 amide bonds. The molecule has 1 saturated carbocycles. The number of nitrogens with two attached hydrogens (primary N) is 1. The van der Waals surface area contributed by atoms with Gasteiger partial charge in [-0.3, -0.25) is 5.10 Å². The van der Waals surface area contributed by atoms with E-state index in [4.69, 9.17) is 5.73 Å². The van der Waals surface area contributed by atoms with Gasteiger partial charge in [-0.25, -0.2) is 18.7 Å². The Morgan fingerprint density at radius 2 is 2.08 bits per heavy atom. The summed E-state index contributed by atoms with van der Waals surface area (Å²) < 4.78 is 31.1. The van der Waals surface area contributed by atoms with Crippen LogP contribution in [0.3, 0.4) is 0 Å². The monoisotopic (exact) mass is 350 g/mol. The SMILES string of the molecule is Nc1nccc2n[nH]c(C#Cc3c(F)cc4c(ncn4C4CC4)c3F)c12. The van der Waals surface area contributed by atoms with Gasteiger partial charge >= 0.3 is 0 Å². The molecular weight excluding hydrogens is 338 g/mol. The quantitative estimate of drug-likeness (QED) is 0.517. The van der Waals surface area contributed by atoms with Crippen molar-refractivity contribution in [3.05, 3.63) is 47.5 Å². The largest absolute Gasteiger partial charge is 0.383 e. The molecule has 0 aliphatic heterocycles. The summed E-state index contributed by atoms with van der Waals surface area (Å²) in [7, 11) is 0. The van der Waals surface area contributed by atoms with Crippen LogP contribution >= 0.6 is 0 Å². The van der Waals surface area contributed by atoms with Gasteiger partial charge in [0.15, 0.2) is 5.82 Å². The molecule has 0 spiro atoms. The van der Waals surface area contributed by atoms with Crippen molar-refractivity contribution in [1.82, 2.24) is 24.7 Å². The maximum Gasteiger partial charge on any atom is 0.169 e. The summed E-state index contributed by atoms with van der Waals surface area (Å²) in [6.45, 7) is 0. The van der Waals surface area contributed by atoms with Crippen LogP contribution < -0.4 is 5.73 Å². The molecule has 0 atom stereocenters. The molecule has 128 valence electrons. The number of fused-ring (bicyclic) bond motifs is 2. The van der Waals surface area contributed by atoms with E-state index in [2.05, 4.69) is 32.0 Å². The van der Waals surface area contributed by atoms with Crippen LogP contribution in [0.2, 0.25) is 0 Å². The fraction of sp³-hybridized carbons (Fsp3) is 0.167. The van der Waals surface area contributed by atoms with E-state index >= 15 is 0 Å². The number of pyridine rings is 1. The van der Waals surface area contributed by atoms with Gasteiger partial charge in [0.1, 0.15) is 22.8 Å². The molecule has 1 fully saturated rings. The first-order valence-electron chi connectivity index (χ1n) is 8.08. The zero-order chi connectivity index (χ0) is 17.8. The molecule has 0 bridgehead atoms. The van der Waals surface area contributed by atoms with Crippen LogP contribution in [0.1, 0.15) is 30.1 Å². The van der Waals surface area contributed by atoms with Gasteiger partial charge in [-0.1, -0.05) is 5.92 Å². The number of nitrogens with zero attached hydrogens (tertiary/aromatic N) is 4. The molecule has 4 aromatic rings. The van der Waals surface area contributed by atoms with E-state index in [9.17, 15) is 8.78 Å². The van der Waals surface area contributed by atoms with Gasteiger partial charge in [0.25, 0.3) is 0 Å². The number of hydrogen-bond acceptors (Lipinski definition) is 4. The van der Waals surface area contributed by atoms with Crippen LogP contribution in [0.15, 0.2) is 24.7 Å². The lowest BCUT2D eigenvalue weighted by Crippen LogP contribution is -1.96. The minimum Gasteiger partial charge on any atom is -0.383 e. The first-order chi connectivity index (χ1) is 12.6. The molecule has 26 heavy (non-hydrogen) atoms. The molecule has 0 unspecified atom stereocenters. The van der Waals surface area contributed by atoms with Crippen molar-refractivity contribution in [2.45, 2.75) is 18.9 Å². The Labute approximate surface area is 146 Å². The van der Waals surface area contributed by atoms with Crippen LogP contribution in [0.25, 0.3) is 21.9 Å². The fourth-order valence-electron chi connectivity index (χ4n) is 3.06. The molecule has 3 heterocycles. The molecule has 1 aliphatic rings. The Hall–Kier alpha value is -3.47. The maximum atomic E-state index is 14.8. The molecule has 3 aromatic heterocycles. The van der Waals surface area contributed by atoms with Gasteiger partial charge in [-0.05, 0) is 24.8 Å². The number of nitrogens with one attached hydrogen (secondary N) is 1. The molecule has 6 nitrogen and oxygen atoms in total. The third-order valence-electron chi connectivity index (χ3n) is 4.51. The minimum absolute atomic E-state index is 0.123. The van der Waals surface area contributed by atoms with Crippen molar-refractivity contribution >= 4 is 27.8 Å². The predicted molar refractivity (Wildman–Crippen MR) is 92.2 cm³/mol. The average Bonchev–Trinajstić information content (AvgIpc) is 3.24. The van der Waals surface area contributed by atoms with Crippen LogP contribution in [0.4, 0.5) is 14.6 Å². The number of H-pyrrole nitrogens is 1. The second-order valence-electron chi connectivity index (χ2n) is 6.24. The van der Waals surface area contributed by atoms with E-state index < -0.39 is 11.6 Å². The highest BCUT2D eigenvalue weighted by Gasteiger charge is 2.27. The lowest BCUT2D eigenvalue weighted by molar-refractivity contribution is 0.584. The lowest BCUT2D eigenvalue weighted by atomic mass is 10.1. The van der Waals surface area contributed by atoms with E-state index in [-0.39, 0.29) is 22.9 Å². The highest BCUT2D eigenvalue weighted by Crippen LogP contribution is 2.38. The van der Waals surface area contributed by atoms with Crippen molar-refractivity contribution in [3.8, 4) is 11.8 Å². The summed E-state index contributed by atoms with van der Waals surface area (Å²) in [4.78, 5) is 8.08. The number of hydrogen-bond donors (Lipinski definition) is 2. The summed E-state index contributed by atoms with van der Waals surface area (Å²) in [6.07, 6.45) is 5.08. The summed E-state index contributed by atoms with van der Waals surface area (Å²) in [5, 5.41) is 7.31. The van der Waals surface area contributed by atoms with E-state index in [1.165, 1.54) is 12.3 Å². The average molecular weight is 350 g/mol. The predicted octanol–water partition coefficient (Wildman–Crippen LogP) is 2.90. The standard InChI is InChI=1S/C18H12F2N6/c19-11-7-14-17(23-8-26(14)9-1-2-9)16(20)10(11)3-4-12-15-13(25-24-12)5-6-22-18(15)21/h5-9H,1-2H2,(H2,21,22)(H,24,25). The summed E-state index contributed by atoms with van der Waals surface area (Å²) >= 11 is 0. The highest BCUT2D eigenvalue weighted by molar-refractivity contribution is 5.92. The van der Waals surface area contributed by atoms with Gasteiger partial charge in [0.05, 0.1) is 28.3 Å². The van der Waals surface area contributed by atoms with Gasteiger partial charge in [0.2, 0.25) is 0 Å². The van der Waals surface area contributed by atoms with Crippen molar-refractivity contribution in [2.24, 2.45) is 0 Å². The molecule has 0 radical (unpaired) electrons. The van der Waals surface area contributed by atoms with Crippen molar-refractivity contribution in [2.75, 3.05) is 5.73 Å². The second kappa shape index (κ2) is 5.26. The molecule has 0 saturated heterocycles. The summed E-state index contributed by atoms with van der Waals surface area (Å²) in [5.41, 5.74) is 7.03. The number of rotatable bonds is 1. The summed E-state index contributed by atoms with van der Waals surface area (Å²) in [5.74, 6) is 4.02. The van der Waals surface area contributed by atoms with Crippen LogP contribution in [-0.4, -0.2) is 24.7 Å². The smallest absolute Gasteiger partial charge is 0.169 e. The Balaban J connectivity index is 1.65. The zero-order valence-corrected chi connectivity index (χ0v) is 13.4. The molecule has 1 aromatic carbocycles. The van der Waals surface area contributed by atoms with Crippen LogP contribution in [0, 0.1) is 23.5 Å². The van der Waals surface area contributed by atoms with Crippen molar-refractivity contribution in [1.29, 1.82) is 0 Å². The van der Waals surface area contributed by atoms with Crippen LogP contribution in [0.5, 0.6) is 0 Å². The fourth-order valence-corrected chi connectivity index (χ4v) is 3.06. The van der Waals surface area contributed by atoms with Crippen LogP contribution in [-0.2, 0) is 0 Å². The topological polar surface area (TPSA) is 85.4 Å². The molecule has 5 rings (SSSR count). The third-order valence-corrected chi connectivity index (χ3v) is 4.51. The van der Waals surface area contributed by atoms with Gasteiger partial charge in [0, 0.05) is 18.3 Å². The normalized spacial score (nSPS) is 13.9. The number of benzene rings is 1. The number of imidazole rings is 1. The van der Waals surface area contributed by atoms with E-state index in [0.717, 1.165) is 12.8 Å². The number of anilines is 1. The van der Waals surface area contributed by atoms with E-state index in [0.29, 0.717) is 22.1 Å². The molecule has 1 aliphatic carbocycles.